The van der Waals surface area contributed by atoms with Crippen LogP contribution in [0.5, 0.6) is 0 Å². The standard InChI is InChI=1S/C27H27N5O2/c1-3-28-27(34)30-23-11-7-10-22(16-23)29-26(33)24-18-32(17-20-8-5-4-6-9-20)31-25(24)21-14-12-19(2)13-15-21/h4-16,18H,3,17H2,1-2H3,(H,29,33)(H2,28,30,34). The van der Waals surface area contributed by atoms with Gasteiger partial charge in [-0.05, 0) is 37.6 Å². The molecule has 7 nitrogen and oxygen atoms in total. The largest absolute Gasteiger partial charge is 0.338 e. The predicted molar refractivity (Wildman–Crippen MR) is 135 cm³/mol. The first kappa shape index (κ1) is 22.8. The molecule has 3 aromatic carbocycles. The third kappa shape index (κ3) is 5.69. The van der Waals surface area contributed by atoms with Crippen molar-refractivity contribution in [2.45, 2.75) is 20.4 Å². The highest BCUT2D eigenvalue weighted by molar-refractivity contribution is 6.08. The van der Waals surface area contributed by atoms with Crippen LogP contribution >= 0.6 is 0 Å². The Hall–Kier alpha value is -4.39. The fourth-order valence-electron chi connectivity index (χ4n) is 3.57. The van der Waals surface area contributed by atoms with Crippen molar-refractivity contribution < 1.29 is 9.59 Å². The lowest BCUT2D eigenvalue weighted by atomic mass is 10.1. The third-order valence-corrected chi connectivity index (χ3v) is 5.23. The van der Waals surface area contributed by atoms with E-state index in [1.165, 1.54) is 0 Å². The molecule has 4 aromatic rings. The quantitative estimate of drug-likeness (QED) is 0.355. The molecule has 0 saturated carbocycles. The Bertz CT molecular complexity index is 1280. The van der Waals surface area contributed by atoms with Gasteiger partial charge in [-0.1, -0.05) is 66.2 Å². The second kappa shape index (κ2) is 10.5. The van der Waals surface area contributed by atoms with Crippen molar-refractivity contribution in [2.75, 3.05) is 17.2 Å². The minimum atomic E-state index is -0.296. The first-order valence-corrected chi connectivity index (χ1v) is 11.2. The molecule has 3 amide bonds. The number of aryl methyl sites for hydroxylation is 1. The topological polar surface area (TPSA) is 88.0 Å². The summed E-state index contributed by atoms with van der Waals surface area (Å²) >= 11 is 0. The minimum Gasteiger partial charge on any atom is -0.338 e. The maximum Gasteiger partial charge on any atom is 0.319 e. The fraction of sp³-hybridized carbons (Fsp3) is 0.148. The first-order valence-electron chi connectivity index (χ1n) is 11.2. The van der Waals surface area contributed by atoms with Gasteiger partial charge in [0.15, 0.2) is 0 Å². The van der Waals surface area contributed by atoms with Crippen LogP contribution in [-0.2, 0) is 6.54 Å². The van der Waals surface area contributed by atoms with Gasteiger partial charge >= 0.3 is 6.03 Å². The number of urea groups is 1. The maximum absolute atomic E-state index is 13.3. The second-order valence-corrected chi connectivity index (χ2v) is 7.96. The molecule has 1 aromatic heterocycles. The molecule has 3 N–H and O–H groups in total. The van der Waals surface area contributed by atoms with Crippen molar-refractivity contribution in [3.8, 4) is 11.3 Å². The molecular weight excluding hydrogens is 426 g/mol. The molecule has 34 heavy (non-hydrogen) atoms. The summed E-state index contributed by atoms with van der Waals surface area (Å²) in [4.78, 5) is 25.1. The molecule has 0 bridgehead atoms. The molecule has 0 saturated heterocycles. The summed E-state index contributed by atoms with van der Waals surface area (Å²) in [5, 5.41) is 13.1. The third-order valence-electron chi connectivity index (χ3n) is 5.23. The molecule has 0 unspecified atom stereocenters. The smallest absolute Gasteiger partial charge is 0.319 e. The lowest BCUT2D eigenvalue weighted by molar-refractivity contribution is 0.102. The Morgan fingerprint density at radius 1 is 0.882 bits per heavy atom. The Morgan fingerprint density at radius 2 is 1.59 bits per heavy atom. The summed E-state index contributed by atoms with van der Waals surface area (Å²) in [6.07, 6.45) is 1.77. The molecular formula is C27H27N5O2. The van der Waals surface area contributed by atoms with Gasteiger partial charge in [0.1, 0.15) is 5.69 Å². The lowest BCUT2D eigenvalue weighted by Crippen LogP contribution is -2.28. The zero-order valence-corrected chi connectivity index (χ0v) is 19.2. The normalized spacial score (nSPS) is 10.5. The van der Waals surface area contributed by atoms with Crippen LogP contribution in [0.2, 0.25) is 0 Å². The van der Waals surface area contributed by atoms with Crippen molar-refractivity contribution in [3.05, 3.63) is 102 Å². The van der Waals surface area contributed by atoms with E-state index in [1.807, 2.05) is 68.4 Å². The van der Waals surface area contributed by atoms with Gasteiger partial charge in [-0.25, -0.2) is 4.79 Å². The van der Waals surface area contributed by atoms with Gasteiger partial charge in [-0.2, -0.15) is 5.10 Å². The number of amides is 3. The summed E-state index contributed by atoms with van der Waals surface area (Å²) < 4.78 is 1.78. The van der Waals surface area contributed by atoms with Crippen molar-refractivity contribution in [1.82, 2.24) is 15.1 Å². The summed E-state index contributed by atoms with van der Waals surface area (Å²) in [5.74, 6) is -0.273. The van der Waals surface area contributed by atoms with Crippen molar-refractivity contribution in [1.29, 1.82) is 0 Å². The first-order chi connectivity index (χ1) is 16.5. The van der Waals surface area contributed by atoms with Crippen molar-refractivity contribution in [3.63, 3.8) is 0 Å². The van der Waals surface area contributed by atoms with E-state index >= 15 is 0 Å². The maximum atomic E-state index is 13.3. The van der Waals surface area contributed by atoms with Gasteiger partial charge in [0.05, 0.1) is 12.1 Å². The number of aromatic nitrogens is 2. The molecule has 4 rings (SSSR count). The Morgan fingerprint density at radius 3 is 2.29 bits per heavy atom. The van der Waals surface area contributed by atoms with E-state index in [2.05, 4.69) is 16.0 Å². The highest BCUT2D eigenvalue weighted by Gasteiger charge is 2.19. The van der Waals surface area contributed by atoms with Gasteiger partial charge in [0.2, 0.25) is 0 Å². The number of nitrogens with zero attached hydrogens (tertiary/aromatic N) is 2. The van der Waals surface area contributed by atoms with Crippen LogP contribution in [0, 0.1) is 6.92 Å². The van der Waals surface area contributed by atoms with Gasteiger partial charge in [0.25, 0.3) is 5.91 Å². The average Bonchev–Trinajstić information content (AvgIpc) is 3.24. The second-order valence-electron chi connectivity index (χ2n) is 7.96. The number of anilines is 2. The molecule has 1 heterocycles. The van der Waals surface area contributed by atoms with E-state index in [0.29, 0.717) is 35.7 Å². The predicted octanol–water partition coefficient (Wildman–Crippen LogP) is 5.30. The molecule has 0 aliphatic heterocycles. The highest BCUT2D eigenvalue weighted by atomic mass is 16.2. The number of carbonyl (C=O) groups is 2. The number of hydrogen-bond acceptors (Lipinski definition) is 3. The summed E-state index contributed by atoms with van der Waals surface area (Å²) in [6.45, 7) is 4.95. The number of hydrogen-bond donors (Lipinski definition) is 3. The van der Waals surface area contributed by atoms with E-state index in [0.717, 1.165) is 16.7 Å². The van der Waals surface area contributed by atoms with Crippen LogP contribution in [0.25, 0.3) is 11.3 Å². The lowest BCUT2D eigenvalue weighted by Gasteiger charge is -2.09. The fourth-order valence-corrected chi connectivity index (χ4v) is 3.57. The summed E-state index contributed by atoms with van der Waals surface area (Å²) in [5.41, 5.74) is 5.35. The average molecular weight is 454 g/mol. The number of carbonyl (C=O) groups excluding carboxylic acids is 2. The molecule has 7 heteroatoms. The number of nitrogens with one attached hydrogen (secondary N) is 3. The van der Waals surface area contributed by atoms with Crippen LogP contribution in [0.4, 0.5) is 16.2 Å². The minimum absolute atomic E-state index is 0.273. The zero-order chi connectivity index (χ0) is 23.9. The van der Waals surface area contributed by atoms with Gasteiger partial charge < -0.3 is 16.0 Å². The number of benzene rings is 3. The van der Waals surface area contributed by atoms with Crippen molar-refractivity contribution >= 4 is 23.3 Å². The Labute approximate surface area is 198 Å². The SMILES string of the molecule is CCNC(=O)Nc1cccc(NC(=O)c2cn(Cc3ccccc3)nc2-c2ccc(C)cc2)c1. The molecule has 0 spiro atoms. The summed E-state index contributed by atoms with van der Waals surface area (Å²) in [7, 11) is 0. The number of rotatable bonds is 7. The van der Waals surface area contributed by atoms with E-state index in [9.17, 15) is 9.59 Å². The van der Waals surface area contributed by atoms with E-state index in [1.54, 1.807) is 35.1 Å². The van der Waals surface area contributed by atoms with E-state index in [-0.39, 0.29) is 11.9 Å². The van der Waals surface area contributed by atoms with Crippen LogP contribution in [0.1, 0.15) is 28.4 Å². The molecule has 0 aliphatic rings. The van der Waals surface area contributed by atoms with Gasteiger partial charge in [-0.15, -0.1) is 0 Å². The molecule has 0 aliphatic carbocycles. The van der Waals surface area contributed by atoms with Crippen molar-refractivity contribution in [2.24, 2.45) is 0 Å². The van der Waals surface area contributed by atoms with Crippen LogP contribution < -0.4 is 16.0 Å². The van der Waals surface area contributed by atoms with Crippen LogP contribution in [-0.4, -0.2) is 28.3 Å². The molecule has 0 radical (unpaired) electrons. The molecule has 172 valence electrons. The Kier molecular flexibility index (Phi) is 7.03. The van der Waals surface area contributed by atoms with Gasteiger partial charge in [0, 0.05) is 29.7 Å². The molecule has 0 atom stereocenters. The van der Waals surface area contributed by atoms with E-state index < -0.39 is 0 Å². The van der Waals surface area contributed by atoms with Crippen LogP contribution in [0.3, 0.4) is 0 Å². The highest BCUT2D eigenvalue weighted by Crippen LogP contribution is 2.25. The zero-order valence-electron chi connectivity index (χ0n) is 19.2. The Balaban J connectivity index is 1.61. The van der Waals surface area contributed by atoms with E-state index in [4.69, 9.17) is 5.10 Å². The molecule has 0 fully saturated rings. The monoisotopic (exact) mass is 453 g/mol. The van der Waals surface area contributed by atoms with Gasteiger partial charge in [-0.3, -0.25) is 9.48 Å². The van der Waals surface area contributed by atoms with Crippen LogP contribution in [0.15, 0.2) is 85.1 Å². The summed E-state index contributed by atoms with van der Waals surface area (Å²) in [6, 6.07) is 24.7.